The Hall–Kier alpha value is -2.16. The van der Waals surface area contributed by atoms with Gasteiger partial charge in [0.1, 0.15) is 18.1 Å². The maximum absolute atomic E-state index is 12.4. The van der Waals surface area contributed by atoms with Crippen molar-refractivity contribution >= 4 is 23.7 Å². The first kappa shape index (κ1) is 21.9. The highest BCUT2D eigenvalue weighted by Crippen LogP contribution is 2.09. The van der Waals surface area contributed by atoms with E-state index in [-0.39, 0.29) is 17.9 Å². The Morgan fingerprint density at radius 3 is 2.19 bits per heavy atom. The molecular weight excluding hydrogens is 340 g/mol. The van der Waals surface area contributed by atoms with Crippen LogP contribution in [0.2, 0.25) is 0 Å². The molecule has 1 aliphatic heterocycles. The maximum Gasteiger partial charge on any atom is 0.325 e. The van der Waals surface area contributed by atoms with Gasteiger partial charge in [0.25, 0.3) is 0 Å². The van der Waals surface area contributed by atoms with E-state index in [2.05, 4.69) is 21.3 Å². The Morgan fingerprint density at radius 1 is 1.04 bits per heavy atom. The van der Waals surface area contributed by atoms with Crippen molar-refractivity contribution in [2.45, 2.75) is 71.1 Å². The molecule has 0 bridgehead atoms. The van der Waals surface area contributed by atoms with Crippen molar-refractivity contribution in [2.24, 2.45) is 5.92 Å². The number of amides is 3. The van der Waals surface area contributed by atoms with Crippen molar-refractivity contribution in [3.63, 3.8) is 0 Å². The second kappa shape index (κ2) is 10.1. The molecular formula is C17H30N4O5. The van der Waals surface area contributed by atoms with E-state index in [0.29, 0.717) is 6.42 Å². The molecule has 0 radical (unpaired) electrons. The molecule has 0 aromatic carbocycles. The number of carbonyl (C=O) groups is 4. The quantitative estimate of drug-likeness (QED) is 0.366. The second-order valence-electron chi connectivity index (χ2n) is 6.82. The van der Waals surface area contributed by atoms with Crippen LogP contribution in [0.4, 0.5) is 0 Å². The first-order valence-corrected chi connectivity index (χ1v) is 9.04. The third-order valence-electron chi connectivity index (χ3n) is 4.65. The van der Waals surface area contributed by atoms with E-state index in [1.165, 1.54) is 6.92 Å². The molecule has 1 fully saturated rings. The van der Waals surface area contributed by atoms with Gasteiger partial charge in [-0.05, 0) is 39.2 Å². The first-order chi connectivity index (χ1) is 12.2. The van der Waals surface area contributed by atoms with Gasteiger partial charge < -0.3 is 26.4 Å². The molecule has 1 aliphatic rings. The SMILES string of the molecule is CCC(C)C(NC(=O)C(C)NC(=O)C1CCCN1)C(=O)NC(C)C(=O)O. The fraction of sp³-hybridized carbons (Fsp3) is 0.765. The predicted octanol–water partition coefficient (Wildman–Crippen LogP) is -0.637. The Labute approximate surface area is 153 Å². The number of carboxylic acid groups (broad SMARTS) is 1. The highest BCUT2D eigenvalue weighted by atomic mass is 16.4. The number of aliphatic carboxylic acids is 1. The minimum Gasteiger partial charge on any atom is -0.480 e. The zero-order valence-electron chi connectivity index (χ0n) is 15.8. The van der Waals surface area contributed by atoms with E-state index >= 15 is 0 Å². The van der Waals surface area contributed by atoms with Crippen LogP contribution in [-0.4, -0.2) is 59.5 Å². The molecule has 3 amide bonds. The monoisotopic (exact) mass is 370 g/mol. The van der Waals surface area contributed by atoms with Gasteiger partial charge in [0.15, 0.2) is 0 Å². The molecule has 26 heavy (non-hydrogen) atoms. The summed E-state index contributed by atoms with van der Waals surface area (Å²) in [4.78, 5) is 47.8. The number of carboxylic acids is 1. The van der Waals surface area contributed by atoms with Crippen LogP contribution in [-0.2, 0) is 19.2 Å². The van der Waals surface area contributed by atoms with E-state index in [4.69, 9.17) is 5.11 Å². The first-order valence-electron chi connectivity index (χ1n) is 9.04. The van der Waals surface area contributed by atoms with Crippen molar-refractivity contribution in [3.05, 3.63) is 0 Å². The Morgan fingerprint density at radius 2 is 1.69 bits per heavy atom. The van der Waals surface area contributed by atoms with Crippen LogP contribution in [0.25, 0.3) is 0 Å². The molecule has 148 valence electrons. The van der Waals surface area contributed by atoms with Gasteiger partial charge in [-0.2, -0.15) is 0 Å². The lowest BCUT2D eigenvalue weighted by atomic mass is 9.97. The van der Waals surface area contributed by atoms with Crippen molar-refractivity contribution in [2.75, 3.05) is 6.54 Å². The van der Waals surface area contributed by atoms with Crippen molar-refractivity contribution < 1.29 is 24.3 Å². The third kappa shape index (κ3) is 6.29. The molecule has 1 heterocycles. The predicted molar refractivity (Wildman–Crippen MR) is 95.3 cm³/mol. The minimum atomic E-state index is -1.16. The fourth-order valence-corrected chi connectivity index (χ4v) is 2.63. The van der Waals surface area contributed by atoms with Crippen molar-refractivity contribution in [1.82, 2.24) is 21.3 Å². The summed E-state index contributed by atoms with van der Waals surface area (Å²) in [5.41, 5.74) is 0. The zero-order chi connectivity index (χ0) is 19.9. The summed E-state index contributed by atoms with van der Waals surface area (Å²) in [6.45, 7) is 7.34. The molecule has 0 spiro atoms. The lowest BCUT2D eigenvalue weighted by Crippen LogP contribution is -2.57. The zero-order valence-corrected chi connectivity index (χ0v) is 15.8. The van der Waals surface area contributed by atoms with Crippen LogP contribution in [0.5, 0.6) is 0 Å². The lowest BCUT2D eigenvalue weighted by Gasteiger charge is -2.26. The smallest absolute Gasteiger partial charge is 0.325 e. The summed E-state index contributed by atoms with van der Waals surface area (Å²) < 4.78 is 0. The van der Waals surface area contributed by atoms with Gasteiger partial charge in [-0.25, -0.2) is 0 Å². The van der Waals surface area contributed by atoms with Crippen LogP contribution in [0, 0.1) is 5.92 Å². The highest BCUT2D eigenvalue weighted by Gasteiger charge is 2.31. The number of nitrogens with one attached hydrogen (secondary N) is 4. The lowest BCUT2D eigenvalue weighted by molar-refractivity contribution is -0.142. The van der Waals surface area contributed by atoms with Gasteiger partial charge in [-0.3, -0.25) is 19.2 Å². The molecule has 0 saturated carbocycles. The molecule has 5 N–H and O–H groups in total. The van der Waals surface area contributed by atoms with E-state index in [9.17, 15) is 19.2 Å². The summed E-state index contributed by atoms with van der Waals surface area (Å²) in [6.07, 6.45) is 2.26. The number of rotatable bonds is 9. The summed E-state index contributed by atoms with van der Waals surface area (Å²) >= 11 is 0. The van der Waals surface area contributed by atoms with Gasteiger partial charge in [0, 0.05) is 0 Å². The highest BCUT2D eigenvalue weighted by molar-refractivity contribution is 5.94. The summed E-state index contributed by atoms with van der Waals surface area (Å²) in [5.74, 6) is -2.64. The van der Waals surface area contributed by atoms with E-state index in [1.54, 1.807) is 13.8 Å². The van der Waals surface area contributed by atoms with Crippen LogP contribution in [0.1, 0.15) is 47.0 Å². The molecule has 0 aromatic rings. The number of hydrogen-bond donors (Lipinski definition) is 5. The average molecular weight is 370 g/mol. The van der Waals surface area contributed by atoms with Gasteiger partial charge >= 0.3 is 5.97 Å². The molecule has 1 rings (SSSR count). The maximum atomic E-state index is 12.4. The number of hydrogen-bond acceptors (Lipinski definition) is 5. The topological polar surface area (TPSA) is 137 Å². The van der Waals surface area contributed by atoms with Crippen LogP contribution in [0.15, 0.2) is 0 Å². The molecule has 5 atom stereocenters. The fourth-order valence-electron chi connectivity index (χ4n) is 2.63. The van der Waals surface area contributed by atoms with Gasteiger partial charge in [-0.15, -0.1) is 0 Å². The summed E-state index contributed by atoms with van der Waals surface area (Å²) in [7, 11) is 0. The molecule has 9 nitrogen and oxygen atoms in total. The van der Waals surface area contributed by atoms with Gasteiger partial charge in [0.2, 0.25) is 17.7 Å². The summed E-state index contributed by atoms with van der Waals surface area (Å²) in [5, 5.41) is 19.6. The van der Waals surface area contributed by atoms with Crippen molar-refractivity contribution in [3.8, 4) is 0 Å². The molecule has 0 aromatic heterocycles. The van der Waals surface area contributed by atoms with Crippen molar-refractivity contribution in [1.29, 1.82) is 0 Å². The molecule has 5 unspecified atom stereocenters. The average Bonchev–Trinajstić information content (AvgIpc) is 3.12. The standard InChI is InChI=1S/C17H30N4O5/c1-5-9(2)13(16(24)20-11(4)17(25)26)21-14(22)10(3)19-15(23)12-7-6-8-18-12/h9-13,18H,5-8H2,1-4H3,(H,19,23)(H,20,24)(H,21,22)(H,25,26). The van der Waals surface area contributed by atoms with E-state index < -0.39 is 35.9 Å². The summed E-state index contributed by atoms with van der Waals surface area (Å²) in [6, 6.07) is -3.04. The second-order valence-corrected chi connectivity index (χ2v) is 6.82. The molecule has 0 aliphatic carbocycles. The molecule has 9 heteroatoms. The normalized spacial score (nSPS) is 21.2. The largest absolute Gasteiger partial charge is 0.480 e. The minimum absolute atomic E-state index is 0.195. The Bertz CT molecular complexity index is 533. The third-order valence-corrected chi connectivity index (χ3v) is 4.65. The van der Waals surface area contributed by atoms with Gasteiger partial charge in [0.05, 0.1) is 6.04 Å². The van der Waals surface area contributed by atoms with E-state index in [0.717, 1.165) is 19.4 Å². The Balaban J connectivity index is 2.67. The van der Waals surface area contributed by atoms with Gasteiger partial charge in [-0.1, -0.05) is 20.3 Å². The van der Waals surface area contributed by atoms with Crippen LogP contribution < -0.4 is 21.3 Å². The number of carbonyl (C=O) groups excluding carboxylic acids is 3. The van der Waals surface area contributed by atoms with E-state index in [1.807, 2.05) is 6.92 Å². The van der Waals surface area contributed by atoms with Crippen LogP contribution >= 0.6 is 0 Å². The van der Waals surface area contributed by atoms with Crippen LogP contribution in [0.3, 0.4) is 0 Å². The Kier molecular flexibility index (Phi) is 8.50. The molecule has 1 saturated heterocycles.